The third-order valence-electron chi connectivity index (χ3n) is 2.54. The SMILES string of the molecule is COc1ccc(C(=O)c2cc(Cl)cc(Cl)c2)cc1F. The molecular weight excluding hydrogens is 290 g/mol. The van der Waals surface area contributed by atoms with Gasteiger partial charge in [0.25, 0.3) is 0 Å². The van der Waals surface area contributed by atoms with Crippen LogP contribution in [0.2, 0.25) is 10.0 Å². The first kappa shape index (κ1) is 13.8. The van der Waals surface area contributed by atoms with Gasteiger partial charge in [0.2, 0.25) is 0 Å². The maximum absolute atomic E-state index is 13.6. The van der Waals surface area contributed by atoms with Gasteiger partial charge in [0.05, 0.1) is 7.11 Å². The van der Waals surface area contributed by atoms with E-state index in [1.54, 1.807) is 0 Å². The molecule has 0 amide bonds. The zero-order valence-electron chi connectivity index (χ0n) is 9.91. The lowest BCUT2D eigenvalue weighted by atomic mass is 10.0. The normalized spacial score (nSPS) is 10.3. The number of halogens is 3. The highest BCUT2D eigenvalue weighted by Gasteiger charge is 2.13. The van der Waals surface area contributed by atoms with Crippen LogP contribution in [0.1, 0.15) is 15.9 Å². The second kappa shape index (κ2) is 5.59. The van der Waals surface area contributed by atoms with E-state index < -0.39 is 5.82 Å². The van der Waals surface area contributed by atoms with E-state index in [1.807, 2.05) is 0 Å². The Hall–Kier alpha value is -1.58. The maximum atomic E-state index is 13.6. The van der Waals surface area contributed by atoms with Gasteiger partial charge in [-0.05, 0) is 36.4 Å². The number of hydrogen-bond donors (Lipinski definition) is 0. The maximum Gasteiger partial charge on any atom is 0.193 e. The average Bonchev–Trinajstić information content (AvgIpc) is 2.36. The van der Waals surface area contributed by atoms with Crippen LogP contribution in [0, 0.1) is 5.82 Å². The second-order valence-corrected chi connectivity index (χ2v) is 4.71. The van der Waals surface area contributed by atoms with Crippen LogP contribution in [-0.2, 0) is 0 Å². The summed E-state index contributed by atoms with van der Waals surface area (Å²) < 4.78 is 18.4. The van der Waals surface area contributed by atoms with E-state index in [0.29, 0.717) is 15.6 Å². The van der Waals surface area contributed by atoms with Crippen molar-refractivity contribution in [1.82, 2.24) is 0 Å². The van der Waals surface area contributed by atoms with Crippen molar-refractivity contribution in [3.63, 3.8) is 0 Å². The van der Waals surface area contributed by atoms with Crippen LogP contribution in [0.4, 0.5) is 4.39 Å². The Labute approximate surface area is 119 Å². The number of methoxy groups -OCH3 is 1. The predicted molar refractivity (Wildman–Crippen MR) is 72.8 cm³/mol. The van der Waals surface area contributed by atoms with Gasteiger partial charge in [0, 0.05) is 21.2 Å². The van der Waals surface area contributed by atoms with Crippen molar-refractivity contribution in [3.8, 4) is 5.75 Å². The molecule has 0 bridgehead atoms. The van der Waals surface area contributed by atoms with Gasteiger partial charge in [-0.2, -0.15) is 0 Å². The van der Waals surface area contributed by atoms with Crippen LogP contribution in [0.5, 0.6) is 5.75 Å². The highest BCUT2D eigenvalue weighted by molar-refractivity contribution is 6.35. The van der Waals surface area contributed by atoms with Gasteiger partial charge < -0.3 is 4.74 Å². The molecule has 2 aromatic carbocycles. The van der Waals surface area contributed by atoms with Crippen LogP contribution in [0.15, 0.2) is 36.4 Å². The smallest absolute Gasteiger partial charge is 0.193 e. The van der Waals surface area contributed by atoms with E-state index in [1.165, 1.54) is 37.4 Å². The molecule has 0 atom stereocenters. The summed E-state index contributed by atoms with van der Waals surface area (Å²) in [5.74, 6) is -0.867. The van der Waals surface area contributed by atoms with Gasteiger partial charge in [0.15, 0.2) is 17.3 Å². The van der Waals surface area contributed by atoms with Crippen LogP contribution >= 0.6 is 23.2 Å². The molecule has 0 heterocycles. The number of ether oxygens (including phenoxy) is 1. The largest absolute Gasteiger partial charge is 0.494 e. The molecule has 0 spiro atoms. The van der Waals surface area contributed by atoms with Crippen molar-refractivity contribution in [3.05, 3.63) is 63.4 Å². The summed E-state index contributed by atoms with van der Waals surface area (Å²) in [6.45, 7) is 0. The Balaban J connectivity index is 2.41. The minimum Gasteiger partial charge on any atom is -0.494 e. The fraction of sp³-hybridized carbons (Fsp3) is 0.0714. The van der Waals surface area contributed by atoms with E-state index in [4.69, 9.17) is 27.9 Å². The van der Waals surface area contributed by atoms with Gasteiger partial charge in [-0.15, -0.1) is 0 Å². The molecule has 0 aliphatic rings. The second-order valence-electron chi connectivity index (χ2n) is 3.84. The van der Waals surface area contributed by atoms with Crippen LogP contribution in [0.3, 0.4) is 0 Å². The summed E-state index contributed by atoms with van der Waals surface area (Å²) in [6.07, 6.45) is 0. The standard InChI is InChI=1S/C14H9Cl2FO2/c1-19-13-3-2-8(6-12(13)17)14(18)9-4-10(15)7-11(16)5-9/h2-7H,1H3. The van der Waals surface area contributed by atoms with E-state index in [9.17, 15) is 9.18 Å². The summed E-state index contributed by atoms with van der Waals surface area (Å²) in [5.41, 5.74) is 0.513. The molecule has 0 fully saturated rings. The first-order valence-electron chi connectivity index (χ1n) is 5.35. The van der Waals surface area contributed by atoms with Gasteiger partial charge in [-0.1, -0.05) is 23.2 Å². The molecule has 0 aliphatic carbocycles. The fourth-order valence-electron chi connectivity index (χ4n) is 1.66. The zero-order valence-corrected chi connectivity index (χ0v) is 11.4. The van der Waals surface area contributed by atoms with Crippen molar-refractivity contribution in [2.24, 2.45) is 0 Å². The first-order valence-corrected chi connectivity index (χ1v) is 6.11. The molecule has 0 unspecified atom stereocenters. The molecule has 0 aromatic heterocycles. The molecule has 0 N–H and O–H groups in total. The lowest BCUT2D eigenvalue weighted by molar-refractivity contribution is 0.103. The van der Waals surface area contributed by atoms with Crippen molar-refractivity contribution in [1.29, 1.82) is 0 Å². The van der Waals surface area contributed by atoms with Crippen molar-refractivity contribution < 1.29 is 13.9 Å². The Bertz CT molecular complexity index is 621. The number of rotatable bonds is 3. The van der Waals surface area contributed by atoms with Gasteiger partial charge in [0.1, 0.15) is 0 Å². The number of hydrogen-bond acceptors (Lipinski definition) is 2. The molecule has 2 rings (SSSR count). The number of carbonyl (C=O) groups excluding carboxylic acids is 1. The van der Waals surface area contributed by atoms with E-state index in [-0.39, 0.29) is 17.1 Å². The zero-order chi connectivity index (χ0) is 14.0. The average molecular weight is 299 g/mol. The van der Waals surface area contributed by atoms with E-state index >= 15 is 0 Å². The molecule has 19 heavy (non-hydrogen) atoms. The van der Waals surface area contributed by atoms with Crippen LogP contribution < -0.4 is 4.74 Å². The Morgan fingerprint density at radius 3 is 2.21 bits per heavy atom. The minimum atomic E-state index is -0.596. The monoisotopic (exact) mass is 298 g/mol. The van der Waals surface area contributed by atoms with Gasteiger partial charge in [-0.25, -0.2) is 4.39 Å². The Kier molecular flexibility index (Phi) is 4.08. The number of carbonyl (C=O) groups is 1. The topological polar surface area (TPSA) is 26.3 Å². The minimum absolute atomic E-state index is 0.0840. The van der Waals surface area contributed by atoms with Gasteiger partial charge in [-0.3, -0.25) is 4.79 Å². The van der Waals surface area contributed by atoms with Crippen LogP contribution in [-0.4, -0.2) is 12.9 Å². The predicted octanol–water partition coefficient (Wildman–Crippen LogP) is 4.37. The number of ketones is 1. The molecule has 0 saturated carbocycles. The van der Waals surface area contributed by atoms with Gasteiger partial charge >= 0.3 is 0 Å². The molecular formula is C14H9Cl2FO2. The molecule has 0 aliphatic heterocycles. The Morgan fingerprint density at radius 2 is 1.68 bits per heavy atom. The van der Waals surface area contributed by atoms with E-state index in [2.05, 4.69) is 0 Å². The third-order valence-corrected chi connectivity index (χ3v) is 2.98. The summed E-state index contributed by atoms with van der Waals surface area (Å²) >= 11 is 11.7. The molecule has 2 aromatic rings. The summed E-state index contributed by atoms with van der Waals surface area (Å²) in [6, 6.07) is 8.49. The summed E-state index contributed by atoms with van der Waals surface area (Å²) in [7, 11) is 1.36. The molecule has 2 nitrogen and oxygen atoms in total. The van der Waals surface area contributed by atoms with Crippen molar-refractivity contribution in [2.75, 3.05) is 7.11 Å². The molecule has 5 heteroatoms. The highest BCUT2D eigenvalue weighted by atomic mass is 35.5. The quantitative estimate of drug-likeness (QED) is 0.787. The lowest BCUT2D eigenvalue weighted by Gasteiger charge is -2.05. The molecule has 0 saturated heterocycles. The van der Waals surface area contributed by atoms with Crippen LogP contribution in [0.25, 0.3) is 0 Å². The number of benzene rings is 2. The Morgan fingerprint density at radius 1 is 1.05 bits per heavy atom. The van der Waals surface area contributed by atoms with Crippen molar-refractivity contribution in [2.45, 2.75) is 0 Å². The molecule has 0 radical (unpaired) electrons. The summed E-state index contributed by atoms with van der Waals surface area (Å²) in [4.78, 5) is 12.2. The van der Waals surface area contributed by atoms with Crippen molar-refractivity contribution >= 4 is 29.0 Å². The highest BCUT2D eigenvalue weighted by Crippen LogP contribution is 2.23. The summed E-state index contributed by atoms with van der Waals surface area (Å²) in [5, 5.41) is 0.703. The third kappa shape index (κ3) is 3.06. The fourth-order valence-corrected chi connectivity index (χ4v) is 2.19. The lowest BCUT2D eigenvalue weighted by Crippen LogP contribution is -2.02. The first-order chi connectivity index (χ1) is 9.01. The molecule has 98 valence electrons. The van der Waals surface area contributed by atoms with E-state index in [0.717, 1.165) is 6.07 Å².